The quantitative estimate of drug-likeness (QED) is 0.848. The van der Waals surface area contributed by atoms with Gasteiger partial charge in [0.2, 0.25) is 0 Å². The smallest absolute Gasteiger partial charge is 0.408 e. The molecule has 0 aromatic heterocycles. The number of carbonyl (C=O) groups is 1. The van der Waals surface area contributed by atoms with Crippen LogP contribution in [0.2, 0.25) is 0 Å². The van der Waals surface area contributed by atoms with Gasteiger partial charge in [0.25, 0.3) is 0 Å². The first-order valence-electron chi connectivity index (χ1n) is 5.63. The number of benzene rings is 1. The Morgan fingerprint density at radius 2 is 2.18 bits per heavy atom. The fourth-order valence-electron chi connectivity index (χ4n) is 1.36. The van der Waals surface area contributed by atoms with Gasteiger partial charge in [0.05, 0.1) is 6.07 Å². The van der Waals surface area contributed by atoms with Gasteiger partial charge in [0, 0.05) is 0 Å². The zero-order valence-corrected chi connectivity index (χ0v) is 9.85. The van der Waals surface area contributed by atoms with Crippen LogP contribution >= 0.6 is 0 Å². The lowest BCUT2D eigenvalue weighted by molar-refractivity contribution is 0.137. The van der Waals surface area contributed by atoms with Crippen molar-refractivity contribution >= 4 is 6.09 Å². The first-order valence-corrected chi connectivity index (χ1v) is 5.63. The highest BCUT2D eigenvalue weighted by atomic mass is 16.5. The molecule has 0 heterocycles. The lowest BCUT2D eigenvalue weighted by atomic mass is 10.2. The van der Waals surface area contributed by atoms with E-state index in [-0.39, 0.29) is 6.61 Å². The average Bonchev–Trinajstić information content (AvgIpc) is 2.37. The molecule has 0 bridgehead atoms. The van der Waals surface area contributed by atoms with Crippen molar-refractivity contribution < 1.29 is 9.53 Å². The van der Waals surface area contributed by atoms with Gasteiger partial charge in [-0.25, -0.2) is 4.79 Å². The molecule has 1 aromatic rings. The van der Waals surface area contributed by atoms with Crippen LogP contribution in [0.25, 0.3) is 0 Å². The number of hydrogen-bond acceptors (Lipinski definition) is 3. The van der Waals surface area contributed by atoms with E-state index in [0.717, 1.165) is 12.0 Å². The Labute approximate surface area is 101 Å². The number of alkyl carbamates (subject to hydrolysis) is 1. The normalized spacial score (nSPS) is 11.3. The number of nitrogens with zero attached hydrogens (tertiary/aromatic N) is 1. The predicted molar refractivity (Wildman–Crippen MR) is 64.1 cm³/mol. The molecule has 0 aliphatic heterocycles. The molecule has 1 atom stereocenters. The van der Waals surface area contributed by atoms with E-state index in [4.69, 9.17) is 10.00 Å². The fourth-order valence-corrected chi connectivity index (χ4v) is 1.36. The highest BCUT2D eigenvalue weighted by molar-refractivity contribution is 5.68. The van der Waals surface area contributed by atoms with E-state index in [1.165, 1.54) is 0 Å². The largest absolute Gasteiger partial charge is 0.445 e. The van der Waals surface area contributed by atoms with Crippen molar-refractivity contribution in [2.45, 2.75) is 32.4 Å². The first kappa shape index (κ1) is 13.0. The molecule has 4 heteroatoms. The first-order chi connectivity index (χ1) is 8.26. The van der Waals surface area contributed by atoms with Crippen molar-refractivity contribution in [1.82, 2.24) is 5.32 Å². The van der Waals surface area contributed by atoms with Crippen molar-refractivity contribution in [1.29, 1.82) is 5.26 Å². The Hall–Kier alpha value is -2.02. The van der Waals surface area contributed by atoms with Gasteiger partial charge in [-0.05, 0) is 12.0 Å². The summed E-state index contributed by atoms with van der Waals surface area (Å²) in [4.78, 5) is 11.4. The molecule has 0 unspecified atom stereocenters. The predicted octanol–water partition coefficient (Wildman–Crippen LogP) is 2.61. The van der Waals surface area contributed by atoms with Crippen molar-refractivity contribution in [3.8, 4) is 6.07 Å². The monoisotopic (exact) mass is 232 g/mol. The number of rotatable bonds is 5. The molecule has 1 amide bonds. The maximum Gasteiger partial charge on any atom is 0.408 e. The third-order valence-electron chi connectivity index (χ3n) is 2.24. The molecule has 0 saturated carbocycles. The molecule has 0 aliphatic rings. The fraction of sp³-hybridized carbons (Fsp3) is 0.385. The van der Waals surface area contributed by atoms with E-state index < -0.39 is 12.1 Å². The Morgan fingerprint density at radius 3 is 2.76 bits per heavy atom. The molecule has 17 heavy (non-hydrogen) atoms. The molecular weight excluding hydrogens is 216 g/mol. The van der Waals surface area contributed by atoms with Gasteiger partial charge in [-0.3, -0.25) is 0 Å². The van der Waals surface area contributed by atoms with E-state index in [1.807, 2.05) is 43.3 Å². The highest BCUT2D eigenvalue weighted by Gasteiger charge is 2.10. The van der Waals surface area contributed by atoms with Gasteiger partial charge < -0.3 is 10.1 Å². The summed E-state index contributed by atoms with van der Waals surface area (Å²) in [6.45, 7) is 2.18. The number of carbonyl (C=O) groups excluding carboxylic acids is 1. The second kappa shape index (κ2) is 7.29. The van der Waals surface area contributed by atoms with Gasteiger partial charge in [-0.1, -0.05) is 43.7 Å². The van der Waals surface area contributed by atoms with Gasteiger partial charge >= 0.3 is 6.09 Å². The van der Waals surface area contributed by atoms with E-state index in [2.05, 4.69) is 5.32 Å². The van der Waals surface area contributed by atoms with Crippen LogP contribution in [-0.2, 0) is 11.3 Å². The third-order valence-corrected chi connectivity index (χ3v) is 2.24. The summed E-state index contributed by atoms with van der Waals surface area (Å²) in [6, 6.07) is 11.0. The second-order valence-electron chi connectivity index (χ2n) is 3.68. The van der Waals surface area contributed by atoms with Gasteiger partial charge in [-0.2, -0.15) is 5.26 Å². The van der Waals surface area contributed by atoms with Crippen LogP contribution in [0.5, 0.6) is 0 Å². The summed E-state index contributed by atoms with van der Waals surface area (Å²) in [6.07, 6.45) is 0.933. The summed E-state index contributed by atoms with van der Waals surface area (Å²) >= 11 is 0. The van der Waals surface area contributed by atoms with Crippen LogP contribution in [-0.4, -0.2) is 12.1 Å². The van der Waals surface area contributed by atoms with E-state index in [1.54, 1.807) is 0 Å². The maximum atomic E-state index is 11.4. The second-order valence-corrected chi connectivity index (χ2v) is 3.68. The van der Waals surface area contributed by atoms with Crippen LogP contribution in [0, 0.1) is 11.3 Å². The molecule has 0 radical (unpaired) electrons. The molecule has 0 saturated heterocycles. The maximum absolute atomic E-state index is 11.4. The van der Waals surface area contributed by atoms with E-state index in [0.29, 0.717) is 6.42 Å². The van der Waals surface area contributed by atoms with Crippen LogP contribution < -0.4 is 5.32 Å². The number of hydrogen-bond donors (Lipinski definition) is 1. The summed E-state index contributed by atoms with van der Waals surface area (Å²) in [5.41, 5.74) is 0.923. The zero-order chi connectivity index (χ0) is 12.5. The van der Waals surface area contributed by atoms with Crippen LogP contribution in [0.1, 0.15) is 25.3 Å². The molecule has 1 N–H and O–H groups in total. The van der Waals surface area contributed by atoms with Crippen molar-refractivity contribution in [3.05, 3.63) is 35.9 Å². The zero-order valence-electron chi connectivity index (χ0n) is 9.85. The average molecular weight is 232 g/mol. The lowest BCUT2D eigenvalue weighted by Gasteiger charge is -2.10. The van der Waals surface area contributed by atoms with Crippen LogP contribution in [0.3, 0.4) is 0 Å². The molecule has 90 valence electrons. The summed E-state index contributed by atoms with van der Waals surface area (Å²) in [7, 11) is 0. The number of amides is 1. The Bertz CT molecular complexity index is 384. The molecule has 1 aromatic carbocycles. The third kappa shape index (κ3) is 5.03. The molecule has 1 rings (SSSR count). The standard InChI is InChI=1S/C13H16N2O2/c1-2-6-12(9-14)15-13(16)17-10-11-7-4-3-5-8-11/h3-5,7-8,12H,2,6,10H2,1H3,(H,15,16)/t12-/m0/s1. The summed E-state index contributed by atoms with van der Waals surface area (Å²) < 4.78 is 5.01. The lowest BCUT2D eigenvalue weighted by Crippen LogP contribution is -2.33. The Morgan fingerprint density at radius 1 is 1.47 bits per heavy atom. The van der Waals surface area contributed by atoms with Crippen LogP contribution in [0.4, 0.5) is 4.79 Å². The topological polar surface area (TPSA) is 62.1 Å². The number of nitrogens with one attached hydrogen (secondary N) is 1. The van der Waals surface area contributed by atoms with Gasteiger partial charge in [0.15, 0.2) is 0 Å². The molecule has 4 nitrogen and oxygen atoms in total. The minimum Gasteiger partial charge on any atom is -0.445 e. The van der Waals surface area contributed by atoms with Crippen molar-refractivity contribution in [2.24, 2.45) is 0 Å². The highest BCUT2D eigenvalue weighted by Crippen LogP contribution is 2.01. The summed E-state index contributed by atoms with van der Waals surface area (Å²) in [5.74, 6) is 0. The van der Waals surface area contributed by atoms with E-state index >= 15 is 0 Å². The minimum atomic E-state index is -0.547. The van der Waals surface area contributed by atoms with Crippen molar-refractivity contribution in [2.75, 3.05) is 0 Å². The Balaban J connectivity index is 2.33. The van der Waals surface area contributed by atoms with Gasteiger partial charge in [-0.15, -0.1) is 0 Å². The van der Waals surface area contributed by atoms with E-state index in [9.17, 15) is 4.79 Å². The molecule has 0 fully saturated rings. The molecule has 0 aliphatic carbocycles. The molecular formula is C13H16N2O2. The summed E-state index contributed by atoms with van der Waals surface area (Å²) in [5, 5.41) is 11.3. The van der Waals surface area contributed by atoms with Gasteiger partial charge in [0.1, 0.15) is 12.6 Å². The van der Waals surface area contributed by atoms with Crippen molar-refractivity contribution in [3.63, 3.8) is 0 Å². The number of ether oxygens (including phenoxy) is 1. The van der Waals surface area contributed by atoms with Crippen LogP contribution in [0.15, 0.2) is 30.3 Å². The Kier molecular flexibility index (Phi) is 5.59. The number of nitriles is 1. The minimum absolute atomic E-state index is 0.219. The molecule has 0 spiro atoms. The SMILES string of the molecule is CCC[C@@H](C#N)NC(=O)OCc1ccccc1.